The van der Waals surface area contributed by atoms with E-state index in [0.717, 1.165) is 54.5 Å². The molecule has 2 fully saturated rings. The number of benzene rings is 2. The first-order chi connectivity index (χ1) is 17.7. The quantitative estimate of drug-likeness (QED) is 0.389. The molecule has 2 aliphatic carbocycles. The van der Waals surface area contributed by atoms with Crippen LogP contribution in [0.1, 0.15) is 48.4 Å². The molecule has 0 aromatic heterocycles. The average Bonchev–Trinajstić information content (AvgIpc) is 3.21. The highest BCUT2D eigenvalue weighted by molar-refractivity contribution is 5.92. The van der Waals surface area contributed by atoms with Gasteiger partial charge in [0.1, 0.15) is 11.9 Å². The number of likely N-dealkylation sites (tertiary alicyclic amines) is 1. The minimum Gasteiger partial charge on any atom is -0.504 e. The molecule has 2 heterocycles. The second-order valence-electron chi connectivity index (χ2n) is 11.2. The number of rotatable bonds is 4. The Morgan fingerprint density at radius 3 is 2.84 bits per heavy atom. The summed E-state index contributed by atoms with van der Waals surface area (Å²) in [5, 5.41) is 11.0. The van der Waals surface area contributed by atoms with Gasteiger partial charge in [0.25, 0.3) is 0 Å². The predicted molar refractivity (Wildman–Crippen MR) is 140 cm³/mol. The molecule has 2 aromatic rings. The number of nitrogens with zero attached hydrogens (tertiary/aromatic N) is 2. The first kappa shape index (κ1) is 24.0. The molecular formula is C30H34N2O5. The van der Waals surface area contributed by atoms with E-state index in [9.17, 15) is 14.7 Å². The third kappa shape index (κ3) is 3.58. The molecule has 7 nitrogen and oxygen atoms in total. The van der Waals surface area contributed by atoms with Gasteiger partial charge in [-0.25, -0.2) is 0 Å². The topological polar surface area (TPSA) is 79.3 Å². The molecular weight excluding hydrogens is 468 g/mol. The minimum absolute atomic E-state index is 0.00183. The Hall–Kier alpha value is -3.32. The predicted octanol–water partition coefficient (Wildman–Crippen LogP) is 3.84. The summed E-state index contributed by atoms with van der Waals surface area (Å²) in [6.07, 6.45) is 6.66. The number of carbonyl (C=O) groups excluding carboxylic acids is 2. The molecule has 0 radical (unpaired) electrons. The van der Waals surface area contributed by atoms with Gasteiger partial charge in [0.2, 0.25) is 5.91 Å². The van der Waals surface area contributed by atoms with Crippen molar-refractivity contribution in [2.45, 2.75) is 63.1 Å². The van der Waals surface area contributed by atoms with Crippen molar-refractivity contribution in [2.24, 2.45) is 5.92 Å². The number of piperidine rings is 1. The summed E-state index contributed by atoms with van der Waals surface area (Å²) in [7, 11) is 4.02. The normalized spacial score (nSPS) is 29.5. The van der Waals surface area contributed by atoms with Gasteiger partial charge >= 0.3 is 5.97 Å². The second-order valence-corrected chi connectivity index (χ2v) is 11.2. The van der Waals surface area contributed by atoms with Crippen LogP contribution in [-0.2, 0) is 21.4 Å². The number of carbonyl (C=O) groups is 2. The fourth-order valence-electron chi connectivity index (χ4n) is 7.63. The maximum absolute atomic E-state index is 13.4. The van der Waals surface area contributed by atoms with Crippen molar-refractivity contribution < 1.29 is 24.2 Å². The van der Waals surface area contributed by atoms with E-state index >= 15 is 0 Å². The molecule has 0 unspecified atom stereocenters. The number of phenolic OH excluding ortho intramolecular Hbond substituents is 1. The highest BCUT2D eigenvalue weighted by Gasteiger charge is 2.66. The monoisotopic (exact) mass is 502 g/mol. The number of esters is 1. The van der Waals surface area contributed by atoms with E-state index < -0.39 is 5.97 Å². The van der Waals surface area contributed by atoms with Gasteiger partial charge in [-0.05, 0) is 63.8 Å². The van der Waals surface area contributed by atoms with E-state index in [1.54, 1.807) is 6.08 Å². The third-order valence-electron chi connectivity index (χ3n) is 9.21. The summed E-state index contributed by atoms with van der Waals surface area (Å²) in [5.74, 6) is 0.815. The van der Waals surface area contributed by atoms with Crippen molar-refractivity contribution in [3.63, 3.8) is 0 Å². The number of amides is 1. The third-order valence-corrected chi connectivity index (χ3v) is 9.21. The van der Waals surface area contributed by atoms with E-state index in [-0.39, 0.29) is 29.2 Å². The Labute approximate surface area is 217 Å². The van der Waals surface area contributed by atoms with Crippen LogP contribution in [0.5, 0.6) is 17.2 Å². The number of aryl methyl sites for hydroxylation is 1. The standard InChI is InChI=1S/C30H34N2O5/c1-17-6-5-7-19(14-17)8-11-26(35)32(4)22-10-9-21-23-15-20-25(36-18(2)33)16-24(34)28-27(20)30(21,29(22)37-28)12-13-31(23)3/h5-8,11,14,16,21-23,29,34H,9-10,12-13,15H2,1-4H3/t21-,22+,23+,29-,30-/m0/s1. The first-order valence-electron chi connectivity index (χ1n) is 13.2. The molecule has 1 amide bonds. The molecule has 1 saturated carbocycles. The molecule has 1 saturated heterocycles. The summed E-state index contributed by atoms with van der Waals surface area (Å²) in [6, 6.07) is 9.74. The van der Waals surface area contributed by atoms with Crippen LogP contribution >= 0.6 is 0 Å². The molecule has 6 rings (SSSR count). The van der Waals surface area contributed by atoms with Crippen LogP contribution in [0, 0.1) is 12.8 Å². The van der Waals surface area contributed by atoms with Gasteiger partial charge in [0.05, 0.1) is 6.04 Å². The molecule has 2 aliphatic heterocycles. The van der Waals surface area contributed by atoms with E-state index in [1.165, 1.54) is 13.0 Å². The molecule has 194 valence electrons. The Balaban J connectivity index is 1.39. The van der Waals surface area contributed by atoms with Gasteiger partial charge < -0.3 is 24.4 Å². The molecule has 4 aliphatic rings. The van der Waals surface area contributed by atoms with Gasteiger partial charge in [0, 0.05) is 48.7 Å². The van der Waals surface area contributed by atoms with Crippen LogP contribution < -0.4 is 9.47 Å². The lowest BCUT2D eigenvalue weighted by Gasteiger charge is -2.59. The van der Waals surface area contributed by atoms with E-state index in [1.807, 2.05) is 43.1 Å². The van der Waals surface area contributed by atoms with E-state index in [4.69, 9.17) is 9.47 Å². The summed E-state index contributed by atoms with van der Waals surface area (Å²) in [6.45, 7) is 4.33. The largest absolute Gasteiger partial charge is 0.504 e. The second kappa shape index (κ2) is 8.62. The molecule has 5 atom stereocenters. The summed E-state index contributed by atoms with van der Waals surface area (Å²) >= 11 is 0. The van der Waals surface area contributed by atoms with Crippen LogP contribution in [0.25, 0.3) is 6.08 Å². The van der Waals surface area contributed by atoms with Gasteiger partial charge in [-0.1, -0.05) is 29.8 Å². The SMILES string of the molecule is CC(=O)Oc1cc(O)c2c3c1C[C@@H]1[C@@H]4CC[C@@H](N(C)C(=O)C=Cc5cccc(C)c5)[C@H](O2)[C@]34CCN1C. The number of likely N-dealkylation sites (N-methyl/N-ethyl adjacent to an activating group) is 2. The maximum atomic E-state index is 13.4. The molecule has 2 bridgehead atoms. The molecule has 2 aromatic carbocycles. The van der Waals surface area contributed by atoms with Crippen LogP contribution in [-0.4, -0.2) is 65.6 Å². The van der Waals surface area contributed by atoms with Gasteiger partial charge in [-0.2, -0.15) is 0 Å². The number of hydrogen-bond donors (Lipinski definition) is 1. The molecule has 1 spiro atoms. The Morgan fingerprint density at radius 1 is 1.27 bits per heavy atom. The zero-order valence-electron chi connectivity index (χ0n) is 21.9. The van der Waals surface area contributed by atoms with Crippen molar-refractivity contribution in [1.29, 1.82) is 0 Å². The van der Waals surface area contributed by atoms with Crippen molar-refractivity contribution in [2.75, 3.05) is 20.6 Å². The number of ether oxygens (including phenoxy) is 2. The lowest BCUT2D eigenvalue weighted by molar-refractivity contribution is -0.135. The van der Waals surface area contributed by atoms with Gasteiger partial charge in [-0.3, -0.25) is 9.59 Å². The Kier molecular flexibility index (Phi) is 5.60. The van der Waals surface area contributed by atoms with Crippen LogP contribution in [0.15, 0.2) is 36.4 Å². The fraction of sp³-hybridized carbons (Fsp3) is 0.467. The Morgan fingerprint density at radius 2 is 2.08 bits per heavy atom. The molecule has 7 heteroatoms. The fourth-order valence-corrected chi connectivity index (χ4v) is 7.63. The van der Waals surface area contributed by atoms with Crippen molar-refractivity contribution in [3.05, 3.63) is 58.7 Å². The minimum atomic E-state index is -0.406. The summed E-state index contributed by atoms with van der Waals surface area (Å²) in [5.41, 5.74) is 3.78. The first-order valence-corrected chi connectivity index (χ1v) is 13.2. The van der Waals surface area contributed by atoms with Gasteiger partial charge in [0.15, 0.2) is 11.5 Å². The Bertz CT molecular complexity index is 1320. The highest BCUT2D eigenvalue weighted by Crippen LogP contribution is 2.65. The maximum Gasteiger partial charge on any atom is 0.308 e. The van der Waals surface area contributed by atoms with Gasteiger partial charge in [-0.15, -0.1) is 0 Å². The zero-order chi connectivity index (χ0) is 26.1. The van der Waals surface area contributed by atoms with Crippen molar-refractivity contribution >= 4 is 18.0 Å². The molecule has 1 N–H and O–H groups in total. The smallest absolute Gasteiger partial charge is 0.308 e. The highest BCUT2D eigenvalue weighted by atomic mass is 16.5. The van der Waals surface area contributed by atoms with Crippen LogP contribution in [0.3, 0.4) is 0 Å². The van der Waals surface area contributed by atoms with Crippen LogP contribution in [0.4, 0.5) is 0 Å². The van der Waals surface area contributed by atoms with E-state index in [2.05, 4.69) is 18.0 Å². The van der Waals surface area contributed by atoms with Crippen molar-refractivity contribution in [3.8, 4) is 17.2 Å². The number of aromatic hydroxyl groups is 1. The molecule has 37 heavy (non-hydrogen) atoms. The summed E-state index contributed by atoms with van der Waals surface area (Å²) < 4.78 is 12.2. The summed E-state index contributed by atoms with van der Waals surface area (Å²) in [4.78, 5) is 29.5. The van der Waals surface area contributed by atoms with Crippen molar-refractivity contribution in [1.82, 2.24) is 9.80 Å². The van der Waals surface area contributed by atoms with Crippen LogP contribution in [0.2, 0.25) is 0 Å². The average molecular weight is 503 g/mol. The lowest BCUT2D eigenvalue weighted by Crippen LogP contribution is -2.68. The number of hydrogen-bond acceptors (Lipinski definition) is 6. The number of phenols is 1. The van der Waals surface area contributed by atoms with E-state index in [0.29, 0.717) is 23.5 Å². The zero-order valence-corrected chi connectivity index (χ0v) is 21.9. The lowest BCUT2D eigenvalue weighted by atomic mass is 9.51.